The molecule has 0 bridgehead atoms. The van der Waals surface area contributed by atoms with Gasteiger partial charge in [-0.15, -0.1) is 0 Å². The Morgan fingerprint density at radius 3 is 2.74 bits per heavy atom. The first-order chi connectivity index (χ1) is 14.8. The minimum atomic E-state index is -0.852. The Morgan fingerprint density at radius 2 is 1.97 bits per heavy atom. The molecule has 2 N–H and O–H groups in total. The van der Waals surface area contributed by atoms with Crippen molar-refractivity contribution in [2.24, 2.45) is 5.92 Å². The van der Waals surface area contributed by atoms with E-state index in [1.165, 1.54) is 6.33 Å². The predicted octanol–water partition coefficient (Wildman–Crippen LogP) is 4.05. The van der Waals surface area contributed by atoms with Crippen LogP contribution in [0.5, 0.6) is 0 Å². The highest BCUT2D eigenvalue weighted by Crippen LogP contribution is 2.51. The highest BCUT2D eigenvalue weighted by atomic mass is 35.5. The van der Waals surface area contributed by atoms with Gasteiger partial charge >= 0.3 is 0 Å². The van der Waals surface area contributed by atoms with E-state index in [2.05, 4.69) is 9.97 Å². The second kappa shape index (κ2) is 7.69. The van der Waals surface area contributed by atoms with Gasteiger partial charge in [0.15, 0.2) is 5.79 Å². The van der Waals surface area contributed by atoms with Gasteiger partial charge in [-0.2, -0.15) is 0 Å². The average Bonchev–Trinajstić information content (AvgIpc) is 3.38. The van der Waals surface area contributed by atoms with Crippen LogP contribution in [0.2, 0.25) is 10.2 Å². The lowest BCUT2D eigenvalue weighted by Crippen LogP contribution is -2.29. The van der Waals surface area contributed by atoms with Gasteiger partial charge in [0.2, 0.25) is 0 Å². The van der Waals surface area contributed by atoms with Gasteiger partial charge in [0, 0.05) is 17.1 Å². The molecule has 2 fully saturated rings. The summed E-state index contributed by atoms with van der Waals surface area (Å²) in [4.78, 5) is 8.48. The van der Waals surface area contributed by atoms with E-state index in [0.717, 1.165) is 11.0 Å². The van der Waals surface area contributed by atoms with Crippen LogP contribution >= 0.6 is 23.2 Å². The first kappa shape index (κ1) is 21.1. The van der Waals surface area contributed by atoms with Gasteiger partial charge in [0.05, 0.1) is 30.2 Å². The van der Waals surface area contributed by atoms with Gasteiger partial charge in [-0.05, 0) is 49.6 Å². The molecule has 0 radical (unpaired) electrons. The van der Waals surface area contributed by atoms with Crippen LogP contribution in [0.25, 0.3) is 11.0 Å². The fourth-order valence-electron chi connectivity index (χ4n) is 5.01. The van der Waals surface area contributed by atoms with Crippen molar-refractivity contribution in [3.05, 3.63) is 58.1 Å². The number of halogens is 2. The quantitative estimate of drug-likeness (QED) is 0.567. The molecule has 164 valence electrons. The summed E-state index contributed by atoms with van der Waals surface area (Å²) in [6.07, 6.45) is 2.52. The first-order valence-corrected chi connectivity index (χ1v) is 10.9. The maximum absolute atomic E-state index is 11.4. The lowest BCUT2D eigenvalue weighted by molar-refractivity contribution is -0.165. The Morgan fingerprint density at radius 1 is 1.19 bits per heavy atom. The van der Waals surface area contributed by atoms with Gasteiger partial charge in [0.1, 0.15) is 23.2 Å². The van der Waals surface area contributed by atoms with E-state index in [1.54, 1.807) is 18.2 Å². The molecule has 1 aliphatic heterocycles. The van der Waals surface area contributed by atoms with Crippen molar-refractivity contribution >= 4 is 34.2 Å². The fraction of sp³-hybridized carbons (Fsp3) is 0.455. The number of aliphatic hydroxyl groups is 2. The SMILES string of the molecule is CC1(C)O[C@@H]2[C@@H]([C@H](O)c3ccc(Cl)cc3CO)C[C@@H](n3ccc4c(Cl)ncnc43)[C@@H]2O1. The number of hydrogen-bond acceptors (Lipinski definition) is 6. The van der Waals surface area contributed by atoms with E-state index in [-0.39, 0.29) is 30.8 Å². The second-order valence-corrected chi connectivity index (χ2v) is 9.40. The molecule has 1 aromatic carbocycles. The number of nitrogens with zero attached hydrogens (tertiary/aromatic N) is 3. The maximum atomic E-state index is 11.4. The Hall–Kier alpha value is -1.74. The van der Waals surface area contributed by atoms with E-state index < -0.39 is 11.9 Å². The number of aliphatic hydroxyl groups excluding tert-OH is 2. The lowest BCUT2D eigenvalue weighted by Gasteiger charge is -2.27. The molecule has 1 saturated heterocycles. The van der Waals surface area contributed by atoms with Crippen LogP contribution in [0.15, 0.2) is 36.8 Å². The zero-order valence-electron chi connectivity index (χ0n) is 17.1. The Balaban J connectivity index is 1.55. The standard InChI is InChI=1S/C22H23Cl2N3O4/c1-22(2)30-18-15(17(29)13-4-3-12(23)7-11(13)9-28)8-16(19(18)31-22)27-6-5-14-20(24)25-10-26-21(14)27/h3-7,10,15-19,28-29H,8-9H2,1-2H3/t15-,16-,17-,18-,19+/m1/s1. The Bertz CT molecular complexity index is 1140. The summed E-state index contributed by atoms with van der Waals surface area (Å²) >= 11 is 12.3. The molecule has 5 atom stereocenters. The molecule has 2 aromatic heterocycles. The number of aromatic nitrogens is 3. The van der Waals surface area contributed by atoms with Gasteiger partial charge in [-0.1, -0.05) is 29.3 Å². The summed E-state index contributed by atoms with van der Waals surface area (Å²) in [7, 11) is 0. The lowest BCUT2D eigenvalue weighted by atomic mass is 9.89. The van der Waals surface area contributed by atoms with Crippen LogP contribution in [-0.4, -0.2) is 42.7 Å². The highest BCUT2D eigenvalue weighted by Gasteiger charge is 2.56. The van der Waals surface area contributed by atoms with Crippen molar-refractivity contribution in [3.8, 4) is 0 Å². The zero-order chi connectivity index (χ0) is 21.9. The molecule has 7 nitrogen and oxygen atoms in total. The minimum absolute atomic E-state index is 0.111. The second-order valence-electron chi connectivity index (χ2n) is 8.60. The van der Waals surface area contributed by atoms with Crippen LogP contribution in [0.4, 0.5) is 0 Å². The number of fused-ring (bicyclic) bond motifs is 2. The van der Waals surface area contributed by atoms with Gasteiger partial charge in [0.25, 0.3) is 0 Å². The van der Waals surface area contributed by atoms with Gasteiger partial charge < -0.3 is 24.3 Å². The predicted molar refractivity (Wildman–Crippen MR) is 116 cm³/mol. The molecule has 1 saturated carbocycles. The summed E-state index contributed by atoms with van der Waals surface area (Å²) < 4.78 is 14.6. The van der Waals surface area contributed by atoms with Gasteiger partial charge in [-0.3, -0.25) is 0 Å². The Labute approximate surface area is 189 Å². The summed E-state index contributed by atoms with van der Waals surface area (Å²) in [6.45, 7) is 3.54. The van der Waals surface area contributed by atoms with Crippen LogP contribution in [0, 0.1) is 5.92 Å². The highest BCUT2D eigenvalue weighted by molar-refractivity contribution is 6.33. The smallest absolute Gasteiger partial charge is 0.163 e. The van der Waals surface area contributed by atoms with E-state index in [4.69, 9.17) is 32.7 Å². The molecule has 1 aliphatic carbocycles. The topological polar surface area (TPSA) is 89.6 Å². The van der Waals surface area contributed by atoms with Crippen LogP contribution in [0.1, 0.15) is 43.5 Å². The van der Waals surface area contributed by atoms with E-state index >= 15 is 0 Å². The monoisotopic (exact) mass is 463 g/mol. The largest absolute Gasteiger partial charge is 0.392 e. The maximum Gasteiger partial charge on any atom is 0.163 e. The third kappa shape index (κ3) is 3.53. The first-order valence-electron chi connectivity index (χ1n) is 10.2. The third-order valence-corrected chi connectivity index (χ3v) is 6.83. The van der Waals surface area contributed by atoms with Crippen molar-refractivity contribution in [1.82, 2.24) is 14.5 Å². The Kier molecular flexibility index (Phi) is 5.24. The summed E-state index contributed by atoms with van der Waals surface area (Å²) in [5, 5.41) is 22.8. The van der Waals surface area contributed by atoms with E-state index in [0.29, 0.717) is 27.7 Å². The molecule has 0 spiro atoms. The molecule has 9 heteroatoms. The van der Waals surface area contributed by atoms with Crippen molar-refractivity contribution in [2.45, 2.75) is 57.0 Å². The number of hydrogen-bond donors (Lipinski definition) is 2. The average molecular weight is 464 g/mol. The summed E-state index contributed by atoms with van der Waals surface area (Å²) in [5.41, 5.74) is 1.96. The number of rotatable bonds is 4. The van der Waals surface area contributed by atoms with Crippen molar-refractivity contribution in [3.63, 3.8) is 0 Å². The zero-order valence-corrected chi connectivity index (χ0v) is 18.6. The van der Waals surface area contributed by atoms with Gasteiger partial charge in [-0.25, -0.2) is 9.97 Å². The van der Waals surface area contributed by atoms with Crippen molar-refractivity contribution < 1.29 is 19.7 Å². The number of benzene rings is 1. The molecule has 3 heterocycles. The van der Waals surface area contributed by atoms with Crippen LogP contribution in [0.3, 0.4) is 0 Å². The molecule has 0 amide bonds. The number of ether oxygens (including phenoxy) is 2. The normalized spacial score (nSPS) is 28.2. The molecule has 3 aromatic rings. The fourth-order valence-corrected chi connectivity index (χ4v) is 5.40. The summed E-state index contributed by atoms with van der Waals surface area (Å²) in [5.74, 6) is -1.03. The summed E-state index contributed by atoms with van der Waals surface area (Å²) in [6, 6.07) is 6.94. The molecular weight excluding hydrogens is 441 g/mol. The molecular formula is C22H23Cl2N3O4. The van der Waals surface area contributed by atoms with Crippen molar-refractivity contribution in [2.75, 3.05) is 0 Å². The van der Waals surface area contributed by atoms with Crippen LogP contribution in [-0.2, 0) is 16.1 Å². The minimum Gasteiger partial charge on any atom is -0.392 e. The van der Waals surface area contributed by atoms with E-state index in [1.807, 2.05) is 30.7 Å². The molecule has 5 rings (SSSR count). The molecule has 0 unspecified atom stereocenters. The molecule has 31 heavy (non-hydrogen) atoms. The van der Waals surface area contributed by atoms with Crippen molar-refractivity contribution in [1.29, 1.82) is 0 Å². The van der Waals surface area contributed by atoms with Crippen LogP contribution < -0.4 is 0 Å². The molecule has 2 aliphatic rings. The third-order valence-electron chi connectivity index (χ3n) is 6.30. The van der Waals surface area contributed by atoms with E-state index in [9.17, 15) is 10.2 Å².